The van der Waals surface area contributed by atoms with Gasteiger partial charge in [-0.25, -0.2) is 8.42 Å². The molecule has 0 aliphatic carbocycles. The number of halogens is 1. The molecule has 0 N–H and O–H groups in total. The summed E-state index contributed by atoms with van der Waals surface area (Å²) < 4.78 is 29.4. The van der Waals surface area contributed by atoms with Crippen molar-refractivity contribution in [2.45, 2.75) is 17.7 Å². The zero-order chi connectivity index (χ0) is 16.9. The van der Waals surface area contributed by atoms with E-state index in [1.165, 1.54) is 19.2 Å². The summed E-state index contributed by atoms with van der Waals surface area (Å²) in [7, 11) is -2.07. The largest absolute Gasteiger partial charge is 0.469 e. The molecule has 0 amide bonds. The minimum Gasteiger partial charge on any atom is -0.469 e. The van der Waals surface area contributed by atoms with Crippen LogP contribution in [0.5, 0.6) is 0 Å². The van der Waals surface area contributed by atoms with Gasteiger partial charge in [-0.3, -0.25) is 4.79 Å². The number of sulfone groups is 1. The summed E-state index contributed by atoms with van der Waals surface area (Å²) in [5.74, 6) is -0.384. The van der Waals surface area contributed by atoms with E-state index in [-0.39, 0.29) is 23.0 Å². The molecule has 2 aromatic carbocycles. The standard InChI is InChI=1S/C17H17ClO4S/c1-22-17(19)12-14-5-3-2-4-13(14)10-11-23(20,21)16-8-6-15(18)7-9-16/h2-9H,10-12H2,1H3. The predicted molar refractivity (Wildman–Crippen MR) is 89.4 cm³/mol. The molecule has 2 aromatic rings. The average molecular weight is 353 g/mol. The fourth-order valence-electron chi connectivity index (χ4n) is 2.21. The van der Waals surface area contributed by atoms with E-state index in [0.717, 1.165) is 11.1 Å². The van der Waals surface area contributed by atoms with Gasteiger partial charge >= 0.3 is 5.97 Å². The van der Waals surface area contributed by atoms with Crippen molar-refractivity contribution in [3.05, 3.63) is 64.7 Å². The van der Waals surface area contributed by atoms with Crippen molar-refractivity contribution < 1.29 is 17.9 Å². The Bertz CT molecular complexity index is 782. The van der Waals surface area contributed by atoms with Gasteiger partial charge in [-0.15, -0.1) is 0 Å². The molecule has 4 nitrogen and oxygen atoms in total. The SMILES string of the molecule is COC(=O)Cc1ccccc1CCS(=O)(=O)c1ccc(Cl)cc1. The Hall–Kier alpha value is -1.85. The molecule has 0 heterocycles. The van der Waals surface area contributed by atoms with Crippen molar-refractivity contribution in [2.24, 2.45) is 0 Å². The second-order valence-electron chi connectivity index (χ2n) is 5.04. The minimum absolute atomic E-state index is 0.0349. The first-order valence-corrected chi connectivity index (χ1v) is 9.07. The van der Waals surface area contributed by atoms with Crippen LogP contribution in [-0.4, -0.2) is 27.2 Å². The topological polar surface area (TPSA) is 60.4 Å². The Kier molecular flexibility index (Phi) is 5.80. The lowest BCUT2D eigenvalue weighted by molar-refractivity contribution is -0.139. The van der Waals surface area contributed by atoms with Gasteiger partial charge in [0.05, 0.1) is 24.2 Å². The molecular weight excluding hydrogens is 336 g/mol. The van der Waals surface area contributed by atoms with E-state index in [2.05, 4.69) is 4.74 Å². The highest BCUT2D eigenvalue weighted by atomic mass is 35.5. The number of ether oxygens (including phenoxy) is 1. The van der Waals surface area contributed by atoms with Crippen molar-refractivity contribution in [1.82, 2.24) is 0 Å². The lowest BCUT2D eigenvalue weighted by Crippen LogP contribution is -2.12. The van der Waals surface area contributed by atoms with E-state index in [1.54, 1.807) is 18.2 Å². The van der Waals surface area contributed by atoms with Crippen molar-refractivity contribution in [1.29, 1.82) is 0 Å². The van der Waals surface area contributed by atoms with E-state index >= 15 is 0 Å². The zero-order valence-corrected chi connectivity index (χ0v) is 14.2. The van der Waals surface area contributed by atoms with Crippen LogP contribution < -0.4 is 0 Å². The van der Waals surface area contributed by atoms with E-state index in [9.17, 15) is 13.2 Å². The molecule has 0 atom stereocenters. The van der Waals surface area contributed by atoms with Crippen LogP contribution in [0.4, 0.5) is 0 Å². The molecule has 122 valence electrons. The molecular formula is C17H17ClO4S. The summed E-state index contributed by atoms with van der Waals surface area (Å²) >= 11 is 5.78. The van der Waals surface area contributed by atoms with Gasteiger partial charge in [0.25, 0.3) is 0 Å². The van der Waals surface area contributed by atoms with E-state index in [0.29, 0.717) is 11.4 Å². The van der Waals surface area contributed by atoms with E-state index in [4.69, 9.17) is 11.6 Å². The summed E-state index contributed by atoms with van der Waals surface area (Å²) in [6, 6.07) is 13.4. The summed E-state index contributed by atoms with van der Waals surface area (Å²) in [6.45, 7) is 0. The Morgan fingerprint density at radius 2 is 1.65 bits per heavy atom. The monoisotopic (exact) mass is 352 g/mol. The number of carbonyl (C=O) groups excluding carboxylic acids is 1. The van der Waals surface area contributed by atoms with Gasteiger partial charge in [0, 0.05) is 5.02 Å². The van der Waals surface area contributed by atoms with E-state index < -0.39 is 9.84 Å². The first kappa shape index (κ1) is 17.5. The number of methoxy groups -OCH3 is 1. The maximum Gasteiger partial charge on any atom is 0.309 e. The maximum absolute atomic E-state index is 12.4. The van der Waals surface area contributed by atoms with Gasteiger partial charge in [0.2, 0.25) is 0 Å². The van der Waals surface area contributed by atoms with Crippen LogP contribution in [0, 0.1) is 0 Å². The van der Waals surface area contributed by atoms with Crippen LogP contribution in [0.2, 0.25) is 5.02 Å². The molecule has 0 saturated carbocycles. The molecule has 0 fully saturated rings. The van der Waals surface area contributed by atoms with Crippen LogP contribution >= 0.6 is 11.6 Å². The first-order chi connectivity index (χ1) is 10.9. The third kappa shape index (κ3) is 4.81. The van der Waals surface area contributed by atoms with Gasteiger partial charge in [-0.2, -0.15) is 0 Å². The molecule has 0 bridgehead atoms. The number of esters is 1. The Morgan fingerprint density at radius 3 is 2.26 bits per heavy atom. The first-order valence-electron chi connectivity index (χ1n) is 7.04. The molecule has 2 rings (SSSR count). The normalized spacial score (nSPS) is 11.2. The smallest absolute Gasteiger partial charge is 0.309 e. The number of benzene rings is 2. The number of rotatable bonds is 6. The molecule has 23 heavy (non-hydrogen) atoms. The average Bonchev–Trinajstić information content (AvgIpc) is 2.54. The lowest BCUT2D eigenvalue weighted by Gasteiger charge is -2.09. The second kappa shape index (κ2) is 7.62. The van der Waals surface area contributed by atoms with Gasteiger partial charge in [0.1, 0.15) is 0 Å². The van der Waals surface area contributed by atoms with Crippen molar-refractivity contribution >= 4 is 27.4 Å². The molecule has 0 spiro atoms. The van der Waals surface area contributed by atoms with Crippen molar-refractivity contribution in [2.75, 3.05) is 12.9 Å². The van der Waals surface area contributed by atoms with Gasteiger partial charge in [-0.05, 0) is 41.8 Å². The Labute approximate surface area is 141 Å². The zero-order valence-electron chi connectivity index (χ0n) is 12.7. The molecule has 6 heteroatoms. The molecule has 0 aliphatic rings. The van der Waals surface area contributed by atoms with Crippen LogP contribution in [0.3, 0.4) is 0 Å². The molecule has 0 aromatic heterocycles. The van der Waals surface area contributed by atoms with Crippen molar-refractivity contribution in [3.8, 4) is 0 Å². The highest BCUT2D eigenvalue weighted by Gasteiger charge is 2.16. The molecule has 0 radical (unpaired) electrons. The van der Waals surface area contributed by atoms with Gasteiger partial charge in [0.15, 0.2) is 9.84 Å². The number of carbonyl (C=O) groups is 1. The third-order valence-corrected chi connectivity index (χ3v) is 5.48. The summed E-state index contributed by atoms with van der Waals surface area (Å²) in [5.41, 5.74) is 1.61. The minimum atomic E-state index is -3.40. The highest BCUT2D eigenvalue weighted by Crippen LogP contribution is 2.18. The maximum atomic E-state index is 12.4. The number of hydrogen-bond acceptors (Lipinski definition) is 4. The Morgan fingerprint density at radius 1 is 1.04 bits per heavy atom. The fraction of sp³-hybridized carbons (Fsp3) is 0.235. The second-order valence-corrected chi connectivity index (χ2v) is 7.59. The number of hydrogen-bond donors (Lipinski definition) is 0. The molecule has 0 aliphatic heterocycles. The highest BCUT2D eigenvalue weighted by molar-refractivity contribution is 7.91. The molecule has 0 unspecified atom stereocenters. The van der Waals surface area contributed by atoms with Crippen LogP contribution in [-0.2, 0) is 32.2 Å². The Balaban J connectivity index is 2.14. The van der Waals surface area contributed by atoms with Crippen LogP contribution in [0.25, 0.3) is 0 Å². The lowest BCUT2D eigenvalue weighted by atomic mass is 10.0. The summed E-state index contributed by atoms with van der Waals surface area (Å²) in [6.07, 6.45) is 0.464. The third-order valence-electron chi connectivity index (χ3n) is 3.49. The van der Waals surface area contributed by atoms with Crippen molar-refractivity contribution in [3.63, 3.8) is 0 Å². The predicted octanol–water partition coefficient (Wildman–Crippen LogP) is 3.07. The van der Waals surface area contributed by atoms with E-state index in [1.807, 2.05) is 18.2 Å². The van der Waals surface area contributed by atoms with Crippen LogP contribution in [0.15, 0.2) is 53.4 Å². The fourth-order valence-corrected chi connectivity index (χ4v) is 3.61. The summed E-state index contributed by atoms with van der Waals surface area (Å²) in [5, 5.41) is 0.493. The van der Waals surface area contributed by atoms with Gasteiger partial charge < -0.3 is 4.74 Å². The summed E-state index contributed by atoms with van der Waals surface area (Å²) in [4.78, 5) is 11.7. The molecule has 0 saturated heterocycles. The quantitative estimate of drug-likeness (QED) is 0.749. The van der Waals surface area contributed by atoms with Gasteiger partial charge in [-0.1, -0.05) is 35.9 Å². The van der Waals surface area contributed by atoms with Crippen LogP contribution in [0.1, 0.15) is 11.1 Å². The number of aryl methyl sites for hydroxylation is 1.